The Bertz CT molecular complexity index is 795. The van der Waals surface area contributed by atoms with Crippen LogP contribution in [0.1, 0.15) is 32.3 Å². The number of unbranched alkanes of at least 4 members (excludes halogenated alkanes) is 1. The average Bonchev–Trinajstić information content (AvgIpc) is 2.72. The van der Waals surface area contributed by atoms with E-state index in [1.165, 1.54) is 0 Å². The number of rotatable bonds is 10. The molecule has 2 amide bonds. The average molecular weight is 526 g/mol. The Labute approximate surface area is 189 Å². The van der Waals surface area contributed by atoms with Crippen molar-refractivity contribution in [3.05, 3.63) is 63.0 Å². The van der Waals surface area contributed by atoms with Crippen LogP contribution in [0, 0.1) is 0 Å². The highest BCUT2D eigenvalue weighted by Crippen LogP contribution is 2.17. The Kier molecular flexibility index (Phi) is 9.67. The van der Waals surface area contributed by atoms with Crippen molar-refractivity contribution in [2.24, 2.45) is 0 Å². The van der Waals surface area contributed by atoms with Crippen LogP contribution in [0.4, 0.5) is 0 Å². The first kappa shape index (κ1) is 23.4. The smallest absolute Gasteiger partial charge is 0.261 e. The van der Waals surface area contributed by atoms with Gasteiger partial charge in [-0.25, -0.2) is 0 Å². The maximum Gasteiger partial charge on any atom is 0.261 e. The normalized spacial score (nSPS) is 11.6. The van der Waals surface area contributed by atoms with E-state index >= 15 is 0 Å². The van der Waals surface area contributed by atoms with Crippen LogP contribution < -0.4 is 10.1 Å². The lowest BCUT2D eigenvalue weighted by molar-refractivity contribution is -0.142. The van der Waals surface area contributed by atoms with Gasteiger partial charge in [0.15, 0.2) is 6.61 Å². The SMILES string of the molecule is CCCCNC(=O)[C@@H](C)N(Cc1ccc(Br)cc1)C(=O)COc1ccc(Br)cc1. The number of nitrogens with one attached hydrogen (secondary N) is 1. The maximum absolute atomic E-state index is 12.9. The molecular weight excluding hydrogens is 500 g/mol. The molecule has 0 unspecified atom stereocenters. The van der Waals surface area contributed by atoms with Crippen LogP contribution in [-0.2, 0) is 16.1 Å². The highest BCUT2D eigenvalue weighted by Gasteiger charge is 2.26. The molecule has 156 valence electrons. The molecular formula is C22H26Br2N2O3. The van der Waals surface area contributed by atoms with E-state index in [9.17, 15) is 9.59 Å². The Morgan fingerprint density at radius 2 is 1.62 bits per heavy atom. The van der Waals surface area contributed by atoms with Crippen LogP contribution in [0.2, 0.25) is 0 Å². The van der Waals surface area contributed by atoms with Crippen molar-refractivity contribution in [3.8, 4) is 5.75 Å². The van der Waals surface area contributed by atoms with Gasteiger partial charge >= 0.3 is 0 Å². The van der Waals surface area contributed by atoms with Crippen LogP contribution >= 0.6 is 31.9 Å². The molecule has 0 fully saturated rings. The van der Waals surface area contributed by atoms with Gasteiger partial charge in [-0.15, -0.1) is 0 Å². The lowest BCUT2D eigenvalue weighted by Gasteiger charge is -2.28. The summed E-state index contributed by atoms with van der Waals surface area (Å²) in [6.45, 7) is 4.62. The van der Waals surface area contributed by atoms with E-state index in [4.69, 9.17) is 4.74 Å². The summed E-state index contributed by atoms with van der Waals surface area (Å²) in [6, 6.07) is 14.4. The van der Waals surface area contributed by atoms with Crippen molar-refractivity contribution >= 4 is 43.7 Å². The molecule has 0 aliphatic heterocycles. The van der Waals surface area contributed by atoms with Crippen molar-refractivity contribution in [1.29, 1.82) is 0 Å². The van der Waals surface area contributed by atoms with Crippen LogP contribution in [0.3, 0.4) is 0 Å². The van der Waals surface area contributed by atoms with E-state index in [0.29, 0.717) is 18.8 Å². The molecule has 0 saturated heterocycles. The van der Waals surface area contributed by atoms with Crippen molar-refractivity contribution in [1.82, 2.24) is 10.2 Å². The molecule has 1 atom stereocenters. The zero-order valence-electron chi connectivity index (χ0n) is 16.7. The summed E-state index contributed by atoms with van der Waals surface area (Å²) < 4.78 is 7.53. The molecule has 1 N–H and O–H groups in total. The fourth-order valence-corrected chi connectivity index (χ4v) is 3.19. The van der Waals surface area contributed by atoms with Gasteiger partial charge in [-0.05, 0) is 55.3 Å². The topological polar surface area (TPSA) is 58.6 Å². The molecule has 0 bridgehead atoms. The summed E-state index contributed by atoms with van der Waals surface area (Å²) >= 11 is 6.79. The summed E-state index contributed by atoms with van der Waals surface area (Å²) in [5, 5.41) is 2.91. The van der Waals surface area contributed by atoms with Crippen molar-refractivity contribution < 1.29 is 14.3 Å². The summed E-state index contributed by atoms with van der Waals surface area (Å²) in [4.78, 5) is 27.1. The predicted octanol–water partition coefficient (Wildman–Crippen LogP) is 4.92. The Morgan fingerprint density at radius 3 is 2.21 bits per heavy atom. The quantitative estimate of drug-likeness (QED) is 0.448. The molecule has 0 heterocycles. The molecule has 29 heavy (non-hydrogen) atoms. The van der Waals surface area contributed by atoms with E-state index < -0.39 is 6.04 Å². The fraction of sp³-hybridized carbons (Fsp3) is 0.364. The molecule has 0 spiro atoms. The van der Waals surface area contributed by atoms with Crippen LogP contribution in [0.25, 0.3) is 0 Å². The van der Waals surface area contributed by atoms with Gasteiger partial charge in [0.1, 0.15) is 11.8 Å². The van der Waals surface area contributed by atoms with Gasteiger partial charge in [0.05, 0.1) is 0 Å². The summed E-state index contributed by atoms with van der Waals surface area (Å²) in [6.07, 6.45) is 1.91. The first-order chi connectivity index (χ1) is 13.9. The third-order valence-corrected chi connectivity index (χ3v) is 5.50. The monoisotopic (exact) mass is 524 g/mol. The van der Waals surface area contributed by atoms with Gasteiger partial charge in [-0.1, -0.05) is 57.3 Å². The number of halogens is 2. The number of amides is 2. The molecule has 7 heteroatoms. The number of nitrogens with zero attached hydrogens (tertiary/aromatic N) is 1. The fourth-order valence-electron chi connectivity index (χ4n) is 2.66. The van der Waals surface area contributed by atoms with Crippen molar-refractivity contribution in [2.45, 2.75) is 39.3 Å². The summed E-state index contributed by atoms with van der Waals surface area (Å²) in [5.41, 5.74) is 0.943. The van der Waals surface area contributed by atoms with E-state index in [1.54, 1.807) is 24.0 Å². The Morgan fingerprint density at radius 1 is 1.03 bits per heavy atom. The van der Waals surface area contributed by atoms with Crippen LogP contribution in [-0.4, -0.2) is 35.9 Å². The second-order valence-corrected chi connectivity index (χ2v) is 8.54. The van der Waals surface area contributed by atoms with Crippen molar-refractivity contribution in [3.63, 3.8) is 0 Å². The number of ether oxygens (including phenoxy) is 1. The van der Waals surface area contributed by atoms with Gasteiger partial charge in [-0.2, -0.15) is 0 Å². The van der Waals surface area contributed by atoms with Gasteiger partial charge in [-0.3, -0.25) is 9.59 Å². The minimum absolute atomic E-state index is 0.134. The molecule has 2 rings (SSSR count). The lowest BCUT2D eigenvalue weighted by Crippen LogP contribution is -2.49. The number of benzene rings is 2. The highest BCUT2D eigenvalue weighted by molar-refractivity contribution is 9.10. The standard InChI is InChI=1S/C22H26Br2N2O3/c1-3-4-13-25-22(28)16(2)26(14-17-5-7-18(23)8-6-17)21(27)15-29-20-11-9-19(24)10-12-20/h5-12,16H,3-4,13-15H2,1-2H3,(H,25,28)/t16-/m1/s1. The van der Waals surface area contributed by atoms with Gasteiger partial charge in [0.25, 0.3) is 5.91 Å². The van der Waals surface area contributed by atoms with Crippen LogP contribution in [0.15, 0.2) is 57.5 Å². The third-order valence-electron chi connectivity index (χ3n) is 4.44. The molecule has 0 aromatic heterocycles. The maximum atomic E-state index is 12.9. The van der Waals surface area contributed by atoms with E-state index in [2.05, 4.69) is 44.1 Å². The molecule has 0 aliphatic carbocycles. The van der Waals surface area contributed by atoms with Gasteiger partial charge < -0.3 is 15.0 Å². The zero-order valence-corrected chi connectivity index (χ0v) is 19.8. The number of hydrogen-bond donors (Lipinski definition) is 1. The van der Waals surface area contributed by atoms with E-state index in [-0.39, 0.29) is 18.4 Å². The first-order valence-corrected chi connectivity index (χ1v) is 11.2. The molecule has 0 radical (unpaired) electrons. The largest absolute Gasteiger partial charge is 0.484 e. The molecule has 2 aromatic rings. The molecule has 5 nitrogen and oxygen atoms in total. The summed E-state index contributed by atoms with van der Waals surface area (Å²) in [7, 11) is 0. The minimum Gasteiger partial charge on any atom is -0.484 e. The number of carbonyl (C=O) groups is 2. The van der Waals surface area contributed by atoms with E-state index in [0.717, 1.165) is 27.4 Å². The first-order valence-electron chi connectivity index (χ1n) is 9.60. The van der Waals surface area contributed by atoms with Crippen LogP contribution in [0.5, 0.6) is 5.75 Å². The third kappa shape index (κ3) is 7.82. The highest BCUT2D eigenvalue weighted by atomic mass is 79.9. The van der Waals surface area contributed by atoms with E-state index in [1.807, 2.05) is 36.4 Å². The number of carbonyl (C=O) groups excluding carboxylic acids is 2. The number of hydrogen-bond acceptors (Lipinski definition) is 3. The minimum atomic E-state index is -0.600. The van der Waals surface area contributed by atoms with Gasteiger partial charge in [0.2, 0.25) is 5.91 Å². The second kappa shape index (κ2) is 12.0. The van der Waals surface area contributed by atoms with Crippen molar-refractivity contribution in [2.75, 3.05) is 13.2 Å². The Balaban J connectivity index is 2.08. The summed E-state index contributed by atoms with van der Waals surface area (Å²) in [5.74, 6) is 0.201. The van der Waals surface area contributed by atoms with Gasteiger partial charge in [0, 0.05) is 22.0 Å². The zero-order chi connectivity index (χ0) is 21.2. The molecule has 2 aromatic carbocycles. The Hall–Kier alpha value is -1.86. The predicted molar refractivity (Wildman–Crippen MR) is 122 cm³/mol. The molecule has 0 aliphatic rings. The molecule has 0 saturated carbocycles. The lowest BCUT2D eigenvalue weighted by atomic mass is 10.1. The second-order valence-electron chi connectivity index (χ2n) is 6.71.